The van der Waals surface area contributed by atoms with E-state index in [-0.39, 0.29) is 12.4 Å². The van der Waals surface area contributed by atoms with E-state index in [9.17, 15) is 13.2 Å². The minimum Gasteiger partial charge on any atom is -0.390 e. The third kappa shape index (κ3) is 7.60. The third-order valence-electron chi connectivity index (χ3n) is 2.38. The summed E-state index contributed by atoms with van der Waals surface area (Å²) in [5, 5.41) is 4.77. The van der Waals surface area contributed by atoms with Crippen molar-refractivity contribution in [2.45, 2.75) is 38.8 Å². The van der Waals surface area contributed by atoms with Crippen LogP contribution in [0.2, 0.25) is 25.7 Å². The van der Waals surface area contributed by atoms with Crippen LogP contribution in [0.3, 0.4) is 0 Å². The summed E-state index contributed by atoms with van der Waals surface area (Å²) < 4.78 is 43.1. The van der Waals surface area contributed by atoms with E-state index in [1.807, 2.05) is 0 Å². The van der Waals surface area contributed by atoms with Gasteiger partial charge in [0.2, 0.25) is 0 Å². The highest BCUT2D eigenvalue weighted by molar-refractivity contribution is 6.76. The van der Waals surface area contributed by atoms with Gasteiger partial charge in [0.25, 0.3) is 0 Å². The minimum atomic E-state index is -4.39. The second-order valence-electron chi connectivity index (χ2n) is 5.29. The van der Waals surface area contributed by atoms with Crippen LogP contribution in [0.4, 0.5) is 13.2 Å². The molecule has 18 heavy (non-hydrogen) atoms. The largest absolute Gasteiger partial charge is 0.432 e. The van der Waals surface area contributed by atoms with Gasteiger partial charge in [-0.2, -0.15) is 13.2 Å². The summed E-state index contributed by atoms with van der Waals surface area (Å²) >= 11 is 0. The molecule has 0 aliphatic heterocycles. The first-order valence-corrected chi connectivity index (χ1v) is 9.56. The van der Waals surface area contributed by atoms with E-state index >= 15 is 0 Å². The van der Waals surface area contributed by atoms with Crippen LogP contribution >= 0.6 is 0 Å². The fraction of sp³-hybridized carbons (Fsp3) is 0.818. The van der Waals surface area contributed by atoms with Crippen LogP contribution in [0.25, 0.3) is 0 Å². The molecule has 0 unspecified atom stereocenters. The molecule has 0 saturated carbocycles. The topological polar surface area (TPSA) is 33.3 Å². The molecule has 0 aromatic carbocycles. The highest BCUT2D eigenvalue weighted by Crippen LogP contribution is 2.25. The van der Waals surface area contributed by atoms with Gasteiger partial charge in [0.05, 0.1) is 0 Å². The molecule has 3 nitrogen and oxygen atoms in total. The van der Waals surface area contributed by atoms with Crippen LogP contribution in [0, 0.1) is 0 Å². The normalized spacial score (nSPS) is 14.2. The van der Waals surface area contributed by atoms with Crippen molar-refractivity contribution in [3.8, 4) is 0 Å². The van der Waals surface area contributed by atoms with Crippen molar-refractivity contribution < 1.29 is 17.9 Å². The lowest BCUT2D eigenvalue weighted by Gasteiger charge is -2.19. The van der Waals surface area contributed by atoms with Crippen LogP contribution in [0.15, 0.2) is 11.4 Å². The standard InChI is InChI=1S/C11H23F3N2OSi/c1-9(15-2)10(11(12,13)14)16-8-17-6-7-18(3,4)5/h15-16H,6-8H2,1-5H3/b10-9-. The molecule has 0 bridgehead atoms. The first-order valence-electron chi connectivity index (χ1n) is 5.85. The summed E-state index contributed by atoms with van der Waals surface area (Å²) in [6, 6.07) is 0.935. The van der Waals surface area contributed by atoms with Crippen LogP contribution in [-0.4, -0.2) is 34.6 Å². The Morgan fingerprint density at radius 1 is 1.22 bits per heavy atom. The molecule has 0 amide bonds. The lowest BCUT2D eigenvalue weighted by Crippen LogP contribution is -2.32. The predicted molar refractivity (Wildman–Crippen MR) is 69.9 cm³/mol. The summed E-state index contributed by atoms with van der Waals surface area (Å²) in [6.07, 6.45) is -4.39. The Morgan fingerprint density at radius 3 is 2.17 bits per heavy atom. The Morgan fingerprint density at radius 2 is 1.78 bits per heavy atom. The lowest BCUT2D eigenvalue weighted by atomic mass is 10.3. The number of allylic oxidation sites excluding steroid dienone is 2. The van der Waals surface area contributed by atoms with Gasteiger partial charge in [-0.1, -0.05) is 19.6 Å². The molecule has 0 spiro atoms. The van der Waals surface area contributed by atoms with E-state index in [1.165, 1.54) is 14.0 Å². The Labute approximate surface area is 108 Å². The van der Waals surface area contributed by atoms with Crippen molar-refractivity contribution in [1.29, 1.82) is 0 Å². The summed E-state index contributed by atoms with van der Waals surface area (Å²) in [4.78, 5) is 0. The van der Waals surface area contributed by atoms with E-state index in [0.29, 0.717) is 6.61 Å². The predicted octanol–water partition coefficient (Wildman–Crippen LogP) is 2.90. The summed E-state index contributed by atoms with van der Waals surface area (Å²) in [7, 11) is 0.254. The molecular formula is C11H23F3N2OSi. The lowest BCUT2D eigenvalue weighted by molar-refractivity contribution is -0.101. The smallest absolute Gasteiger partial charge is 0.390 e. The van der Waals surface area contributed by atoms with Gasteiger partial charge in [-0.15, -0.1) is 0 Å². The zero-order valence-electron chi connectivity index (χ0n) is 11.7. The summed E-state index contributed by atoms with van der Waals surface area (Å²) in [6.45, 7) is 8.31. The van der Waals surface area contributed by atoms with Crippen LogP contribution < -0.4 is 10.6 Å². The molecular weight excluding hydrogens is 261 g/mol. The van der Waals surface area contributed by atoms with E-state index in [1.54, 1.807) is 0 Å². The van der Waals surface area contributed by atoms with Crippen molar-refractivity contribution in [2.75, 3.05) is 20.4 Å². The zero-order chi connectivity index (χ0) is 14.4. The molecule has 0 aromatic rings. The van der Waals surface area contributed by atoms with Gasteiger partial charge in [0, 0.05) is 27.4 Å². The maximum atomic E-state index is 12.6. The van der Waals surface area contributed by atoms with Gasteiger partial charge in [0.15, 0.2) is 0 Å². The maximum absolute atomic E-state index is 12.6. The maximum Gasteiger partial charge on any atom is 0.432 e. The number of nitrogens with one attached hydrogen (secondary N) is 2. The van der Waals surface area contributed by atoms with Crippen LogP contribution in [-0.2, 0) is 4.74 Å². The second kappa shape index (κ2) is 7.03. The Bertz CT molecular complexity index is 285. The average Bonchev–Trinajstić information content (AvgIpc) is 2.18. The van der Waals surface area contributed by atoms with Crippen molar-refractivity contribution in [3.05, 3.63) is 11.4 Å². The van der Waals surface area contributed by atoms with E-state index in [0.717, 1.165) is 6.04 Å². The van der Waals surface area contributed by atoms with Crippen LogP contribution in [0.1, 0.15) is 6.92 Å². The fourth-order valence-corrected chi connectivity index (χ4v) is 1.90. The summed E-state index contributed by atoms with van der Waals surface area (Å²) in [5.41, 5.74) is -0.728. The Balaban J connectivity index is 4.17. The Kier molecular flexibility index (Phi) is 6.76. The third-order valence-corrected chi connectivity index (χ3v) is 4.09. The first kappa shape index (κ1) is 17.3. The van der Waals surface area contributed by atoms with Crippen LogP contribution in [0.5, 0.6) is 0 Å². The molecule has 0 atom stereocenters. The number of alkyl halides is 3. The molecule has 0 aromatic heterocycles. The molecule has 7 heteroatoms. The van der Waals surface area contributed by atoms with Gasteiger partial charge in [0.1, 0.15) is 12.4 Å². The zero-order valence-corrected chi connectivity index (χ0v) is 12.7. The number of hydrogen-bond donors (Lipinski definition) is 2. The molecule has 0 rings (SSSR count). The number of rotatable bonds is 7. The van der Waals surface area contributed by atoms with Crippen molar-refractivity contribution >= 4 is 8.07 Å². The monoisotopic (exact) mass is 284 g/mol. The van der Waals surface area contributed by atoms with E-state index in [4.69, 9.17) is 4.74 Å². The summed E-state index contributed by atoms with van der Waals surface area (Å²) in [5.74, 6) is 0. The molecule has 0 aliphatic rings. The van der Waals surface area contributed by atoms with E-state index < -0.39 is 19.9 Å². The minimum absolute atomic E-state index is 0.0521. The number of ether oxygens (including phenoxy) is 1. The molecule has 2 N–H and O–H groups in total. The number of hydrogen-bond acceptors (Lipinski definition) is 3. The Hall–Kier alpha value is -0.693. The quantitative estimate of drug-likeness (QED) is 0.428. The number of halogens is 3. The average molecular weight is 284 g/mol. The highest BCUT2D eigenvalue weighted by atomic mass is 28.3. The van der Waals surface area contributed by atoms with Gasteiger partial charge in [-0.05, 0) is 13.0 Å². The molecule has 0 radical (unpaired) electrons. The van der Waals surface area contributed by atoms with Gasteiger partial charge in [-0.25, -0.2) is 0 Å². The molecule has 0 heterocycles. The van der Waals surface area contributed by atoms with Gasteiger partial charge >= 0.3 is 6.18 Å². The van der Waals surface area contributed by atoms with Gasteiger partial charge in [-0.3, -0.25) is 0 Å². The van der Waals surface area contributed by atoms with Gasteiger partial charge < -0.3 is 15.4 Å². The van der Waals surface area contributed by atoms with E-state index in [2.05, 4.69) is 30.3 Å². The van der Waals surface area contributed by atoms with Crippen molar-refractivity contribution in [2.24, 2.45) is 0 Å². The van der Waals surface area contributed by atoms with Crippen molar-refractivity contribution in [3.63, 3.8) is 0 Å². The molecule has 0 fully saturated rings. The first-order chi connectivity index (χ1) is 8.08. The SMILES string of the molecule is CN/C(C)=C(\NCOCC[Si](C)(C)C)C(F)(F)F. The highest BCUT2D eigenvalue weighted by Gasteiger charge is 2.35. The fourth-order valence-electron chi connectivity index (χ4n) is 1.14. The molecule has 0 saturated heterocycles. The second-order valence-corrected chi connectivity index (χ2v) is 10.9. The van der Waals surface area contributed by atoms with Crippen molar-refractivity contribution in [1.82, 2.24) is 10.6 Å². The molecule has 0 aliphatic carbocycles. The molecule has 108 valence electrons.